The molecule has 0 bridgehead atoms. The van der Waals surface area contributed by atoms with Crippen LogP contribution >= 0.6 is 23.2 Å². The number of hydrogen-bond acceptors (Lipinski definition) is 2. The highest BCUT2D eigenvalue weighted by atomic mass is 35.5. The molecule has 0 aliphatic carbocycles. The van der Waals surface area contributed by atoms with Gasteiger partial charge in [0.05, 0.1) is 10.0 Å². The van der Waals surface area contributed by atoms with Gasteiger partial charge in [0.15, 0.2) is 0 Å². The fourth-order valence-corrected chi connectivity index (χ4v) is 2.40. The van der Waals surface area contributed by atoms with Crippen molar-refractivity contribution in [2.75, 3.05) is 10.6 Å². The van der Waals surface area contributed by atoms with Crippen molar-refractivity contribution in [1.29, 1.82) is 0 Å². The van der Waals surface area contributed by atoms with E-state index in [9.17, 15) is 4.79 Å². The van der Waals surface area contributed by atoms with Gasteiger partial charge in [0, 0.05) is 11.4 Å². The average Bonchev–Trinajstić information content (AvgIpc) is 2.61. The van der Waals surface area contributed by atoms with Crippen molar-refractivity contribution >= 4 is 40.6 Å². The Balaban J connectivity index is 1.59. The molecule has 0 saturated carbocycles. The van der Waals surface area contributed by atoms with Crippen molar-refractivity contribution in [1.82, 2.24) is 0 Å². The maximum atomic E-state index is 12.0. The number of amides is 2. The smallest absolute Gasteiger partial charge is 0.323 e. The monoisotopic (exact) mass is 372 g/mol. The van der Waals surface area contributed by atoms with E-state index >= 15 is 0 Å². The average molecular weight is 373 g/mol. The van der Waals surface area contributed by atoms with E-state index in [1.165, 1.54) is 0 Å². The van der Waals surface area contributed by atoms with Gasteiger partial charge in [-0.2, -0.15) is 0 Å². The number of hydrogen-bond donors (Lipinski definition) is 2. The normalized spacial score (nSPS) is 10.2. The van der Waals surface area contributed by atoms with E-state index in [1.807, 2.05) is 30.3 Å². The predicted octanol–water partition coefficient (Wildman–Crippen LogP) is 6.43. The second-order valence-corrected chi connectivity index (χ2v) is 5.96. The van der Waals surface area contributed by atoms with E-state index in [0.717, 1.165) is 5.75 Å². The van der Waals surface area contributed by atoms with Crippen molar-refractivity contribution in [3.05, 3.63) is 82.8 Å². The Labute approximate surface area is 155 Å². The Morgan fingerprint density at radius 3 is 2.00 bits per heavy atom. The molecule has 0 fully saturated rings. The second-order valence-electron chi connectivity index (χ2n) is 5.15. The van der Waals surface area contributed by atoms with Crippen LogP contribution in [0.5, 0.6) is 11.5 Å². The number of carbonyl (C=O) groups excluding carboxylic acids is 1. The van der Waals surface area contributed by atoms with E-state index in [2.05, 4.69) is 10.6 Å². The van der Waals surface area contributed by atoms with E-state index in [4.69, 9.17) is 27.9 Å². The molecule has 0 aliphatic rings. The molecule has 0 atom stereocenters. The van der Waals surface area contributed by atoms with Crippen LogP contribution in [-0.4, -0.2) is 6.03 Å². The third-order valence-corrected chi connectivity index (χ3v) is 4.01. The SMILES string of the molecule is O=C(Nc1ccc(Oc2ccccc2)cc1)Nc1ccc(Cl)c(Cl)c1. The highest BCUT2D eigenvalue weighted by molar-refractivity contribution is 6.42. The first-order valence-corrected chi connectivity index (χ1v) is 8.22. The maximum Gasteiger partial charge on any atom is 0.323 e. The van der Waals surface area contributed by atoms with Crippen molar-refractivity contribution in [3.8, 4) is 11.5 Å². The Morgan fingerprint density at radius 1 is 0.720 bits per heavy atom. The fourth-order valence-electron chi connectivity index (χ4n) is 2.10. The summed E-state index contributed by atoms with van der Waals surface area (Å²) in [5.74, 6) is 1.43. The number of halogens is 2. The number of anilines is 2. The van der Waals surface area contributed by atoms with Crippen molar-refractivity contribution < 1.29 is 9.53 Å². The highest BCUT2D eigenvalue weighted by Gasteiger charge is 2.05. The Hall–Kier alpha value is -2.69. The molecule has 25 heavy (non-hydrogen) atoms. The van der Waals surface area contributed by atoms with Gasteiger partial charge in [-0.15, -0.1) is 0 Å². The summed E-state index contributed by atoms with van der Waals surface area (Å²) in [6, 6.07) is 21.0. The lowest BCUT2D eigenvalue weighted by atomic mass is 10.3. The van der Waals surface area contributed by atoms with Crippen LogP contribution in [0.3, 0.4) is 0 Å². The summed E-state index contributed by atoms with van der Waals surface area (Å²) in [7, 11) is 0. The first-order valence-electron chi connectivity index (χ1n) is 7.46. The van der Waals surface area contributed by atoms with Crippen LogP contribution in [0.25, 0.3) is 0 Å². The van der Waals surface area contributed by atoms with Gasteiger partial charge >= 0.3 is 6.03 Å². The number of para-hydroxylation sites is 1. The molecule has 0 radical (unpaired) electrons. The summed E-state index contributed by atoms with van der Waals surface area (Å²) in [5.41, 5.74) is 1.19. The largest absolute Gasteiger partial charge is 0.457 e. The molecule has 2 N–H and O–H groups in total. The van der Waals surface area contributed by atoms with E-state index in [0.29, 0.717) is 27.2 Å². The number of nitrogens with one attached hydrogen (secondary N) is 2. The van der Waals surface area contributed by atoms with Gasteiger partial charge in [-0.1, -0.05) is 41.4 Å². The molecular weight excluding hydrogens is 359 g/mol. The van der Waals surface area contributed by atoms with Crippen molar-refractivity contribution in [2.45, 2.75) is 0 Å². The first kappa shape index (κ1) is 17.1. The molecule has 3 aromatic rings. The van der Waals surface area contributed by atoms with Crippen LogP contribution in [0.2, 0.25) is 10.0 Å². The van der Waals surface area contributed by atoms with Gasteiger partial charge in [-0.3, -0.25) is 0 Å². The quantitative estimate of drug-likeness (QED) is 0.554. The van der Waals surface area contributed by atoms with E-state index in [1.54, 1.807) is 42.5 Å². The minimum atomic E-state index is -0.380. The standard InChI is InChI=1S/C19H14Cl2N2O2/c20-17-11-8-14(12-18(17)21)23-19(24)22-13-6-9-16(10-7-13)25-15-4-2-1-3-5-15/h1-12H,(H2,22,23,24). The first-order chi connectivity index (χ1) is 12.1. The molecular formula is C19H14Cl2N2O2. The molecule has 4 nitrogen and oxygen atoms in total. The maximum absolute atomic E-state index is 12.0. The molecule has 0 saturated heterocycles. The lowest BCUT2D eigenvalue weighted by Crippen LogP contribution is -2.19. The highest BCUT2D eigenvalue weighted by Crippen LogP contribution is 2.25. The van der Waals surface area contributed by atoms with Gasteiger partial charge in [-0.25, -0.2) is 4.79 Å². The molecule has 3 rings (SSSR count). The number of carbonyl (C=O) groups is 1. The minimum Gasteiger partial charge on any atom is -0.457 e. The van der Waals surface area contributed by atoms with Gasteiger partial charge in [0.25, 0.3) is 0 Å². The third-order valence-electron chi connectivity index (χ3n) is 3.27. The molecule has 126 valence electrons. The van der Waals surface area contributed by atoms with Gasteiger partial charge < -0.3 is 15.4 Å². The molecule has 0 spiro atoms. The zero-order valence-corrected chi connectivity index (χ0v) is 14.5. The summed E-state index contributed by atoms with van der Waals surface area (Å²) in [5, 5.41) is 6.23. The summed E-state index contributed by atoms with van der Waals surface area (Å²) in [4.78, 5) is 12.0. The van der Waals surface area contributed by atoms with E-state index in [-0.39, 0.29) is 6.03 Å². The van der Waals surface area contributed by atoms with Gasteiger partial charge in [0.1, 0.15) is 11.5 Å². The van der Waals surface area contributed by atoms with Gasteiger partial charge in [-0.05, 0) is 54.6 Å². The Bertz CT molecular complexity index is 868. The van der Waals surface area contributed by atoms with Crippen LogP contribution < -0.4 is 15.4 Å². The lowest BCUT2D eigenvalue weighted by Gasteiger charge is -2.10. The number of benzene rings is 3. The molecule has 0 aliphatic heterocycles. The minimum absolute atomic E-state index is 0.377. The van der Waals surface area contributed by atoms with Crippen molar-refractivity contribution in [2.24, 2.45) is 0 Å². The Kier molecular flexibility index (Phi) is 5.43. The molecule has 0 heterocycles. The summed E-state index contributed by atoms with van der Waals surface area (Å²) < 4.78 is 5.70. The Morgan fingerprint density at radius 2 is 1.32 bits per heavy atom. The number of ether oxygens (including phenoxy) is 1. The van der Waals surface area contributed by atoms with E-state index < -0.39 is 0 Å². The van der Waals surface area contributed by atoms with Crippen LogP contribution in [0, 0.1) is 0 Å². The van der Waals surface area contributed by atoms with Crippen LogP contribution in [0.1, 0.15) is 0 Å². The lowest BCUT2D eigenvalue weighted by molar-refractivity contribution is 0.262. The third kappa shape index (κ3) is 4.89. The summed E-state index contributed by atoms with van der Waals surface area (Å²) in [6.45, 7) is 0. The van der Waals surface area contributed by atoms with Crippen LogP contribution in [0.15, 0.2) is 72.8 Å². The second kappa shape index (κ2) is 7.92. The zero-order valence-electron chi connectivity index (χ0n) is 13.0. The fraction of sp³-hybridized carbons (Fsp3) is 0. The van der Waals surface area contributed by atoms with Crippen molar-refractivity contribution in [3.63, 3.8) is 0 Å². The predicted molar refractivity (Wildman–Crippen MR) is 102 cm³/mol. The molecule has 6 heteroatoms. The van der Waals surface area contributed by atoms with Gasteiger partial charge in [0.2, 0.25) is 0 Å². The number of rotatable bonds is 4. The molecule has 2 amide bonds. The topological polar surface area (TPSA) is 50.4 Å². The number of urea groups is 1. The summed E-state index contributed by atoms with van der Waals surface area (Å²) in [6.07, 6.45) is 0. The van der Waals surface area contributed by atoms with Crippen LogP contribution in [-0.2, 0) is 0 Å². The molecule has 0 aromatic heterocycles. The zero-order chi connectivity index (χ0) is 17.6. The molecule has 0 unspecified atom stereocenters. The molecule has 3 aromatic carbocycles. The van der Waals surface area contributed by atoms with Crippen LogP contribution in [0.4, 0.5) is 16.2 Å². The summed E-state index contributed by atoms with van der Waals surface area (Å²) >= 11 is 11.8.